The number of hydrogen-bond donors (Lipinski definition) is 0. The van der Waals surface area contributed by atoms with Crippen molar-refractivity contribution < 1.29 is 17.4 Å². The van der Waals surface area contributed by atoms with Crippen molar-refractivity contribution in [3.8, 4) is 0 Å². The maximum absolute atomic E-state index is 13.8. The van der Waals surface area contributed by atoms with Gasteiger partial charge in [-0.2, -0.15) is 0 Å². The fourth-order valence-electron chi connectivity index (χ4n) is 5.07. The zero-order valence-corrected chi connectivity index (χ0v) is 18.9. The fourth-order valence-corrected chi connectivity index (χ4v) is 8.62. The molecule has 1 atom stereocenters. The number of fused-ring (bicyclic) bond motifs is 2. The smallest absolute Gasteiger partial charge is 0.264 e. The molecule has 0 bridgehead atoms. The number of hydrogen-bond acceptors (Lipinski definition) is 3. The number of anilines is 1. The molecule has 29 heavy (non-hydrogen) atoms. The fraction of sp³-hybridized carbons (Fsp3) is 0.429. The molecule has 154 valence electrons. The van der Waals surface area contributed by atoms with E-state index < -0.39 is 27.0 Å². The Hall–Kier alpha value is -1.09. The minimum atomic E-state index is -3.85. The highest BCUT2D eigenvalue weighted by atomic mass is 79.9. The van der Waals surface area contributed by atoms with Crippen molar-refractivity contribution in [1.82, 2.24) is 0 Å². The van der Waals surface area contributed by atoms with Crippen LogP contribution in [0.1, 0.15) is 31.2 Å². The molecule has 2 heterocycles. The van der Waals surface area contributed by atoms with Crippen molar-refractivity contribution in [2.45, 2.75) is 42.0 Å². The van der Waals surface area contributed by atoms with Gasteiger partial charge in [-0.3, -0.25) is 4.31 Å². The van der Waals surface area contributed by atoms with E-state index in [0.29, 0.717) is 23.1 Å². The zero-order valence-electron chi connectivity index (χ0n) is 15.7. The van der Waals surface area contributed by atoms with Crippen LogP contribution in [-0.2, 0) is 26.6 Å². The Morgan fingerprint density at radius 1 is 1.10 bits per heavy atom. The molecule has 0 amide bonds. The first kappa shape index (κ1) is 19.8. The molecule has 3 aliphatic rings. The van der Waals surface area contributed by atoms with Crippen LogP contribution in [0.5, 0.6) is 0 Å². The minimum Gasteiger partial charge on any atom is -0.616 e. The Bertz CT molecular complexity index is 1050. The summed E-state index contributed by atoms with van der Waals surface area (Å²) in [4.78, 5) is 0.106. The van der Waals surface area contributed by atoms with E-state index in [1.165, 1.54) is 24.3 Å². The molecule has 1 aliphatic carbocycles. The standard InChI is InChI=1S/C21H21BrFNO3S2/c22-15-3-8-19-18(13-15)21(9-11-28(25)12-10-21)20(14-1-2-14)24(19)29(26,27)17-6-4-16(23)5-7-17/h3-8,13-14,20H,1-2,9-12H2. The molecule has 2 aromatic carbocycles. The van der Waals surface area contributed by atoms with Gasteiger partial charge in [0.2, 0.25) is 0 Å². The van der Waals surface area contributed by atoms with Crippen LogP contribution in [0.3, 0.4) is 0 Å². The number of benzene rings is 2. The second-order valence-electron chi connectivity index (χ2n) is 8.20. The van der Waals surface area contributed by atoms with Crippen LogP contribution in [0.15, 0.2) is 51.8 Å². The monoisotopic (exact) mass is 497 g/mol. The van der Waals surface area contributed by atoms with Crippen LogP contribution in [-0.4, -0.2) is 30.5 Å². The van der Waals surface area contributed by atoms with Gasteiger partial charge in [0.15, 0.2) is 0 Å². The van der Waals surface area contributed by atoms with E-state index >= 15 is 0 Å². The maximum Gasteiger partial charge on any atom is 0.264 e. The molecule has 1 spiro atoms. The van der Waals surface area contributed by atoms with Crippen molar-refractivity contribution in [3.63, 3.8) is 0 Å². The van der Waals surface area contributed by atoms with Crippen LogP contribution in [0.4, 0.5) is 10.1 Å². The molecule has 2 aromatic rings. The van der Waals surface area contributed by atoms with Crippen LogP contribution in [0.2, 0.25) is 0 Å². The second kappa shape index (κ2) is 6.97. The Morgan fingerprint density at radius 3 is 2.38 bits per heavy atom. The van der Waals surface area contributed by atoms with Gasteiger partial charge in [0.25, 0.3) is 10.0 Å². The summed E-state index contributed by atoms with van der Waals surface area (Å²) in [6.07, 6.45) is 3.44. The summed E-state index contributed by atoms with van der Waals surface area (Å²) >= 11 is 2.71. The second-order valence-corrected chi connectivity index (χ2v) is 12.6. The Kier molecular flexibility index (Phi) is 4.77. The van der Waals surface area contributed by atoms with E-state index in [-0.39, 0.29) is 16.4 Å². The molecule has 5 rings (SSSR count). The van der Waals surface area contributed by atoms with Crippen LogP contribution >= 0.6 is 15.9 Å². The normalized spacial score (nSPS) is 29.3. The zero-order chi connectivity index (χ0) is 20.4. The maximum atomic E-state index is 13.8. The molecule has 4 nitrogen and oxygen atoms in total. The molecular weight excluding hydrogens is 477 g/mol. The lowest BCUT2D eigenvalue weighted by Gasteiger charge is -2.41. The van der Waals surface area contributed by atoms with Crippen molar-refractivity contribution in [2.75, 3.05) is 15.8 Å². The van der Waals surface area contributed by atoms with Crippen molar-refractivity contribution in [2.24, 2.45) is 5.92 Å². The topological polar surface area (TPSA) is 60.4 Å². The van der Waals surface area contributed by atoms with Crippen LogP contribution < -0.4 is 4.31 Å². The summed E-state index contributed by atoms with van der Waals surface area (Å²) in [7, 11) is -3.85. The molecule has 1 unspecified atom stereocenters. The summed E-state index contributed by atoms with van der Waals surface area (Å²) in [5, 5.41) is 0. The van der Waals surface area contributed by atoms with Gasteiger partial charge >= 0.3 is 0 Å². The summed E-state index contributed by atoms with van der Waals surface area (Å²) < 4.78 is 55.6. The van der Waals surface area contributed by atoms with E-state index in [1.54, 1.807) is 4.31 Å². The van der Waals surface area contributed by atoms with Crippen molar-refractivity contribution in [3.05, 3.63) is 58.3 Å². The van der Waals surface area contributed by atoms with Gasteiger partial charge in [0.1, 0.15) is 17.3 Å². The van der Waals surface area contributed by atoms with E-state index in [9.17, 15) is 17.4 Å². The number of rotatable bonds is 3. The molecule has 2 fully saturated rings. The van der Waals surface area contributed by atoms with Crippen molar-refractivity contribution in [1.29, 1.82) is 0 Å². The average molecular weight is 498 g/mol. The van der Waals surface area contributed by atoms with Gasteiger partial charge in [-0.1, -0.05) is 27.1 Å². The lowest BCUT2D eigenvalue weighted by molar-refractivity contribution is 0.308. The van der Waals surface area contributed by atoms with Gasteiger partial charge < -0.3 is 4.55 Å². The first-order valence-electron chi connectivity index (χ1n) is 9.78. The first-order valence-corrected chi connectivity index (χ1v) is 13.5. The molecule has 0 N–H and O–H groups in total. The van der Waals surface area contributed by atoms with Crippen LogP contribution in [0, 0.1) is 11.7 Å². The molecule has 1 saturated heterocycles. The highest BCUT2D eigenvalue weighted by molar-refractivity contribution is 9.10. The molecule has 0 radical (unpaired) electrons. The van der Waals surface area contributed by atoms with E-state index in [0.717, 1.165) is 35.7 Å². The molecule has 2 aliphatic heterocycles. The minimum absolute atomic E-state index is 0.106. The summed E-state index contributed by atoms with van der Waals surface area (Å²) in [5.74, 6) is 1.03. The number of halogens is 2. The quantitative estimate of drug-likeness (QED) is 0.592. The van der Waals surface area contributed by atoms with E-state index in [2.05, 4.69) is 15.9 Å². The summed E-state index contributed by atoms with van der Waals surface area (Å²) in [5.41, 5.74) is 1.43. The number of nitrogens with zero attached hydrogens (tertiary/aromatic N) is 1. The summed E-state index contributed by atoms with van der Waals surface area (Å²) in [6.45, 7) is 0. The first-order chi connectivity index (χ1) is 13.8. The number of sulfonamides is 1. The van der Waals surface area contributed by atoms with Gasteiger partial charge in [-0.25, -0.2) is 12.8 Å². The Balaban J connectivity index is 1.70. The SMILES string of the molecule is O=S(=O)(c1ccc(F)cc1)N1c2ccc(Br)cc2C2(CC[S+]([O-])CC2)C1C1CC1. The highest BCUT2D eigenvalue weighted by Crippen LogP contribution is 2.59. The van der Waals surface area contributed by atoms with Gasteiger partial charge in [-0.05, 0) is 66.8 Å². The van der Waals surface area contributed by atoms with Gasteiger partial charge in [0.05, 0.1) is 16.6 Å². The Labute approximate surface area is 181 Å². The Morgan fingerprint density at radius 2 is 1.76 bits per heavy atom. The molecule has 8 heteroatoms. The third-order valence-corrected chi connectivity index (χ3v) is 10.2. The van der Waals surface area contributed by atoms with Gasteiger partial charge in [0, 0.05) is 22.7 Å². The largest absolute Gasteiger partial charge is 0.616 e. The van der Waals surface area contributed by atoms with Crippen LogP contribution in [0.25, 0.3) is 0 Å². The lowest BCUT2D eigenvalue weighted by Crippen LogP contribution is -2.52. The molecular formula is C21H21BrFNO3S2. The van der Waals surface area contributed by atoms with E-state index in [4.69, 9.17) is 0 Å². The van der Waals surface area contributed by atoms with Gasteiger partial charge in [-0.15, -0.1) is 0 Å². The third kappa shape index (κ3) is 3.14. The van der Waals surface area contributed by atoms with E-state index in [1.807, 2.05) is 18.2 Å². The third-order valence-electron chi connectivity index (χ3n) is 6.54. The highest BCUT2D eigenvalue weighted by Gasteiger charge is 2.60. The molecule has 1 saturated carbocycles. The summed E-state index contributed by atoms with van der Waals surface area (Å²) in [6, 6.07) is 10.7. The predicted octanol–water partition coefficient (Wildman–Crippen LogP) is 4.36. The average Bonchev–Trinajstić information content (AvgIpc) is 3.49. The lowest BCUT2D eigenvalue weighted by atomic mass is 9.70. The molecule has 0 aromatic heterocycles. The predicted molar refractivity (Wildman–Crippen MR) is 116 cm³/mol. The van der Waals surface area contributed by atoms with Crippen molar-refractivity contribution >= 4 is 42.8 Å².